The molecule has 3 aromatic carbocycles. The van der Waals surface area contributed by atoms with Crippen LogP contribution in [0.1, 0.15) is 44.8 Å². The summed E-state index contributed by atoms with van der Waals surface area (Å²) in [4.78, 5) is 31.3. The number of carbonyl (C=O) groups is 2. The highest BCUT2D eigenvalue weighted by molar-refractivity contribution is 9.10. The van der Waals surface area contributed by atoms with Gasteiger partial charge in [0.2, 0.25) is 0 Å². The van der Waals surface area contributed by atoms with Crippen LogP contribution in [0.25, 0.3) is 10.9 Å². The monoisotopic (exact) mass is 545 g/mol. The highest BCUT2D eigenvalue weighted by Gasteiger charge is 2.21. The van der Waals surface area contributed by atoms with E-state index in [1.807, 2.05) is 30.3 Å². The molecule has 0 atom stereocenters. The molecule has 0 bridgehead atoms. The summed E-state index contributed by atoms with van der Waals surface area (Å²) in [7, 11) is 0. The number of aromatic amines is 1. The number of anilines is 1. The highest BCUT2D eigenvalue weighted by Crippen LogP contribution is 2.31. The molecule has 0 saturated heterocycles. The number of fused-ring (bicyclic) bond motifs is 3. The first kappa shape index (κ1) is 24.1. The number of aryl methyl sites for hydroxylation is 2. The molecule has 0 radical (unpaired) electrons. The van der Waals surface area contributed by atoms with Gasteiger partial charge in [-0.15, -0.1) is 0 Å². The molecule has 5 rings (SSSR count). The van der Waals surface area contributed by atoms with Gasteiger partial charge in [0, 0.05) is 44.0 Å². The molecule has 1 aliphatic rings. The van der Waals surface area contributed by atoms with Crippen LogP contribution in [0.3, 0.4) is 0 Å². The lowest BCUT2D eigenvalue weighted by Crippen LogP contribution is -2.38. The third-order valence-electron chi connectivity index (χ3n) is 6.66. The summed E-state index contributed by atoms with van der Waals surface area (Å²) in [6.45, 7) is 0.464. The van der Waals surface area contributed by atoms with Gasteiger partial charge in [0.1, 0.15) is 12.4 Å². The number of benzene rings is 3. The molecule has 0 aliphatic heterocycles. The first-order valence-corrected chi connectivity index (χ1v) is 13.0. The number of ether oxygens (including phenoxy) is 1. The van der Waals surface area contributed by atoms with Crippen molar-refractivity contribution in [3.63, 3.8) is 0 Å². The van der Waals surface area contributed by atoms with Crippen molar-refractivity contribution in [1.29, 1.82) is 0 Å². The standard InChI is InChI=1S/C29H28BrN3O3/c30-24-13-10-20(16-25(24)31)28(34)18-33(29(35)19-6-2-1-3-7-19)14-15-36-21-11-12-23-22-8-4-5-9-26(22)32-27(23)17-21/h1-3,6-7,10-13,16-17,32H,4-5,8-9,14-15,18,31H2. The Labute approximate surface area is 218 Å². The van der Waals surface area contributed by atoms with E-state index in [1.165, 1.54) is 34.4 Å². The van der Waals surface area contributed by atoms with E-state index in [0.29, 0.717) is 16.8 Å². The van der Waals surface area contributed by atoms with Crippen molar-refractivity contribution in [1.82, 2.24) is 9.88 Å². The summed E-state index contributed by atoms with van der Waals surface area (Å²) < 4.78 is 6.76. The fourth-order valence-corrected chi connectivity index (χ4v) is 5.00. The largest absolute Gasteiger partial charge is 0.492 e. The number of Topliss-reactive ketones (excluding diaryl/α,β-unsaturated/α-hetero) is 1. The van der Waals surface area contributed by atoms with E-state index in [1.54, 1.807) is 30.3 Å². The Morgan fingerprint density at radius 1 is 0.972 bits per heavy atom. The third kappa shape index (κ3) is 5.16. The van der Waals surface area contributed by atoms with Gasteiger partial charge in [-0.25, -0.2) is 0 Å². The Kier molecular flexibility index (Phi) is 7.09. The predicted octanol–water partition coefficient (Wildman–Crippen LogP) is 5.80. The quantitative estimate of drug-likeness (QED) is 0.216. The van der Waals surface area contributed by atoms with Crippen molar-refractivity contribution in [2.75, 3.05) is 25.4 Å². The van der Waals surface area contributed by atoms with E-state index in [9.17, 15) is 9.59 Å². The van der Waals surface area contributed by atoms with Gasteiger partial charge in [-0.3, -0.25) is 9.59 Å². The highest BCUT2D eigenvalue weighted by atomic mass is 79.9. The molecule has 4 aromatic rings. The Balaban J connectivity index is 1.30. The Hall–Kier alpha value is -3.58. The number of hydrogen-bond acceptors (Lipinski definition) is 4. The summed E-state index contributed by atoms with van der Waals surface area (Å²) in [5.74, 6) is 0.335. The molecule has 0 fully saturated rings. The Bertz CT molecular complexity index is 1410. The summed E-state index contributed by atoms with van der Waals surface area (Å²) in [5, 5.41) is 1.26. The number of nitrogens with two attached hydrogens (primary N) is 1. The zero-order valence-corrected chi connectivity index (χ0v) is 21.5. The minimum atomic E-state index is -0.217. The molecule has 0 saturated carbocycles. The summed E-state index contributed by atoms with van der Waals surface area (Å²) in [6, 6.07) is 20.1. The number of carbonyl (C=O) groups excluding carboxylic acids is 2. The fourth-order valence-electron chi connectivity index (χ4n) is 4.75. The molecular formula is C29H28BrN3O3. The Morgan fingerprint density at radius 3 is 2.58 bits per heavy atom. The van der Waals surface area contributed by atoms with Crippen LogP contribution in [0.2, 0.25) is 0 Å². The van der Waals surface area contributed by atoms with Gasteiger partial charge in [0.05, 0.1) is 13.1 Å². The molecular weight excluding hydrogens is 518 g/mol. The van der Waals surface area contributed by atoms with Crippen LogP contribution in [-0.4, -0.2) is 41.3 Å². The molecule has 1 heterocycles. The number of halogens is 1. The second-order valence-electron chi connectivity index (χ2n) is 9.10. The molecule has 184 valence electrons. The van der Waals surface area contributed by atoms with Crippen molar-refractivity contribution >= 4 is 44.2 Å². The molecule has 7 heteroatoms. The number of nitrogens with zero attached hydrogens (tertiary/aromatic N) is 1. The van der Waals surface area contributed by atoms with E-state index in [4.69, 9.17) is 10.5 Å². The van der Waals surface area contributed by atoms with E-state index >= 15 is 0 Å². The van der Waals surface area contributed by atoms with Crippen LogP contribution >= 0.6 is 15.9 Å². The molecule has 1 amide bonds. The average molecular weight is 546 g/mol. The van der Waals surface area contributed by atoms with Crippen molar-refractivity contribution < 1.29 is 14.3 Å². The normalized spacial score (nSPS) is 12.8. The smallest absolute Gasteiger partial charge is 0.254 e. The van der Waals surface area contributed by atoms with E-state index in [0.717, 1.165) is 28.6 Å². The maximum atomic E-state index is 13.2. The number of ketones is 1. The summed E-state index contributed by atoms with van der Waals surface area (Å²) >= 11 is 3.35. The van der Waals surface area contributed by atoms with E-state index in [-0.39, 0.29) is 31.4 Å². The molecule has 6 nitrogen and oxygen atoms in total. The number of nitrogen functional groups attached to an aromatic ring is 1. The lowest BCUT2D eigenvalue weighted by molar-refractivity contribution is 0.0686. The van der Waals surface area contributed by atoms with Crippen LogP contribution in [0.15, 0.2) is 71.2 Å². The van der Waals surface area contributed by atoms with E-state index < -0.39 is 0 Å². The van der Waals surface area contributed by atoms with Crippen molar-refractivity contribution in [2.45, 2.75) is 25.7 Å². The first-order chi connectivity index (χ1) is 17.5. The second kappa shape index (κ2) is 10.6. The van der Waals surface area contributed by atoms with Crippen LogP contribution < -0.4 is 10.5 Å². The minimum Gasteiger partial charge on any atom is -0.492 e. The van der Waals surface area contributed by atoms with Crippen LogP contribution in [0.4, 0.5) is 5.69 Å². The van der Waals surface area contributed by atoms with Crippen LogP contribution in [0.5, 0.6) is 5.75 Å². The molecule has 1 aromatic heterocycles. The fraction of sp³-hybridized carbons (Fsp3) is 0.241. The number of hydrogen-bond donors (Lipinski definition) is 2. The van der Waals surface area contributed by atoms with Crippen molar-refractivity contribution in [3.05, 3.63) is 93.6 Å². The van der Waals surface area contributed by atoms with E-state index in [2.05, 4.69) is 27.0 Å². The molecule has 0 spiro atoms. The predicted molar refractivity (Wildman–Crippen MR) is 146 cm³/mol. The van der Waals surface area contributed by atoms with Gasteiger partial charge in [0.25, 0.3) is 5.91 Å². The van der Waals surface area contributed by atoms with Crippen molar-refractivity contribution in [2.24, 2.45) is 0 Å². The molecule has 36 heavy (non-hydrogen) atoms. The van der Waals surface area contributed by atoms with Crippen molar-refractivity contribution in [3.8, 4) is 5.75 Å². The SMILES string of the molecule is Nc1cc(C(=O)CN(CCOc2ccc3c4c([nH]c3c2)CCCC4)C(=O)c2ccccc2)ccc1Br. The topological polar surface area (TPSA) is 88.4 Å². The summed E-state index contributed by atoms with van der Waals surface area (Å²) in [6.07, 6.45) is 4.66. The first-order valence-electron chi connectivity index (χ1n) is 12.2. The second-order valence-corrected chi connectivity index (χ2v) is 9.95. The third-order valence-corrected chi connectivity index (χ3v) is 7.38. The van der Waals surface area contributed by atoms with Gasteiger partial charge >= 0.3 is 0 Å². The van der Waals surface area contributed by atoms with Gasteiger partial charge in [-0.2, -0.15) is 0 Å². The molecule has 3 N–H and O–H groups in total. The van der Waals surface area contributed by atoms with Gasteiger partial charge < -0.3 is 20.4 Å². The number of rotatable bonds is 8. The van der Waals surface area contributed by atoms with Gasteiger partial charge in [-0.05, 0) is 83.6 Å². The molecule has 0 unspecified atom stereocenters. The van der Waals surface area contributed by atoms with Crippen LogP contribution in [-0.2, 0) is 12.8 Å². The van der Waals surface area contributed by atoms with Gasteiger partial charge in [0.15, 0.2) is 5.78 Å². The van der Waals surface area contributed by atoms with Gasteiger partial charge in [-0.1, -0.05) is 24.3 Å². The summed E-state index contributed by atoms with van der Waals surface area (Å²) in [5.41, 5.74) is 11.3. The lowest BCUT2D eigenvalue weighted by atomic mass is 9.96. The Morgan fingerprint density at radius 2 is 1.78 bits per heavy atom. The average Bonchev–Trinajstić information content (AvgIpc) is 3.27. The number of amides is 1. The zero-order valence-electron chi connectivity index (χ0n) is 19.9. The number of H-pyrrole nitrogens is 1. The number of aromatic nitrogens is 1. The maximum Gasteiger partial charge on any atom is 0.254 e. The number of nitrogens with one attached hydrogen (secondary N) is 1. The lowest BCUT2D eigenvalue weighted by Gasteiger charge is -2.22. The minimum absolute atomic E-state index is 0.0689. The molecule has 1 aliphatic carbocycles. The maximum absolute atomic E-state index is 13.2. The zero-order chi connectivity index (χ0) is 25.1. The van der Waals surface area contributed by atoms with Crippen LogP contribution in [0, 0.1) is 0 Å².